The second-order valence-electron chi connectivity index (χ2n) is 5.67. The van der Waals surface area contributed by atoms with Crippen molar-refractivity contribution in [2.75, 3.05) is 11.1 Å². The molecule has 2 N–H and O–H groups in total. The highest BCUT2D eigenvalue weighted by atomic mass is 35.5. The molecule has 0 bridgehead atoms. The molecule has 9 heteroatoms. The number of amides is 1. The van der Waals surface area contributed by atoms with Crippen LogP contribution in [0, 0.1) is 0 Å². The number of nitrogens with zero attached hydrogens (tertiary/aromatic N) is 2. The first-order valence-electron chi connectivity index (χ1n) is 8.41. The molecule has 6 nitrogen and oxygen atoms in total. The first kappa shape index (κ1) is 19.7. The zero-order valence-electron chi connectivity index (χ0n) is 14.6. The molecule has 1 unspecified atom stereocenters. The van der Waals surface area contributed by atoms with E-state index in [0.29, 0.717) is 16.7 Å². The monoisotopic (exact) mass is 422 g/mol. The molecule has 2 heterocycles. The van der Waals surface area contributed by atoms with E-state index in [0.717, 1.165) is 22.1 Å². The number of nitrogens with one attached hydrogen (secondary N) is 2. The van der Waals surface area contributed by atoms with Crippen molar-refractivity contribution in [1.29, 1.82) is 0 Å². The van der Waals surface area contributed by atoms with Crippen LogP contribution in [0.2, 0.25) is 5.02 Å². The number of hydrogen-bond acceptors (Lipinski definition) is 7. The van der Waals surface area contributed by atoms with E-state index in [2.05, 4.69) is 20.8 Å². The molecule has 1 atom stereocenters. The van der Waals surface area contributed by atoms with Crippen molar-refractivity contribution < 1.29 is 9.21 Å². The Labute approximate surface area is 170 Å². The van der Waals surface area contributed by atoms with Crippen molar-refractivity contribution in [3.8, 4) is 0 Å². The van der Waals surface area contributed by atoms with Gasteiger partial charge in [0.25, 0.3) is 0 Å². The average molecular weight is 423 g/mol. The highest BCUT2D eigenvalue weighted by Crippen LogP contribution is 2.26. The number of benzene rings is 1. The van der Waals surface area contributed by atoms with Gasteiger partial charge in [-0.15, -0.1) is 10.2 Å². The van der Waals surface area contributed by atoms with Crippen molar-refractivity contribution in [2.24, 2.45) is 0 Å². The SMILES string of the molecule is CCC(NC(=O)CSc1nnc(NCc2ccco2)s1)c1ccc(Cl)cc1. The summed E-state index contributed by atoms with van der Waals surface area (Å²) in [7, 11) is 0. The molecule has 0 aliphatic heterocycles. The maximum absolute atomic E-state index is 12.3. The Balaban J connectivity index is 1.46. The van der Waals surface area contributed by atoms with Crippen LogP contribution in [-0.4, -0.2) is 21.9 Å². The number of thioether (sulfide) groups is 1. The molecule has 0 aliphatic carbocycles. The summed E-state index contributed by atoms with van der Waals surface area (Å²) in [6.07, 6.45) is 2.43. The first-order chi connectivity index (χ1) is 13.1. The third-order valence-electron chi connectivity index (χ3n) is 3.74. The fourth-order valence-electron chi connectivity index (χ4n) is 2.39. The lowest BCUT2D eigenvalue weighted by Crippen LogP contribution is -2.29. The molecule has 142 valence electrons. The highest BCUT2D eigenvalue weighted by molar-refractivity contribution is 8.01. The largest absolute Gasteiger partial charge is 0.467 e. The molecular formula is C18H19ClN4O2S2. The van der Waals surface area contributed by atoms with Crippen LogP contribution in [0.1, 0.15) is 30.7 Å². The first-order valence-corrected chi connectivity index (χ1v) is 10.6. The summed E-state index contributed by atoms with van der Waals surface area (Å²) < 4.78 is 6.00. The van der Waals surface area contributed by atoms with Gasteiger partial charge in [0, 0.05) is 5.02 Å². The topological polar surface area (TPSA) is 80.0 Å². The third-order valence-corrected chi connectivity index (χ3v) is 6.01. The van der Waals surface area contributed by atoms with Gasteiger partial charge in [-0.3, -0.25) is 4.79 Å². The molecule has 3 rings (SSSR count). The molecule has 27 heavy (non-hydrogen) atoms. The Morgan fingerprint density at radius 2 is 2.11 bits per heavy atom. The number of furan rings is 1. The van der Waals surface area contributed by atoms with Crippen LogP contribution in [0.4, 0.5) is 5.13 Å². The lowest BCUT2D eigenvalue weighted by molar-refractivity contribution is -0.119. The molecular weight excluding hydrogens is 404 g/mol. The predicted octanol–water partition coefficient (Wildman–Crippen LogP) is 4.76. The number of carbonyl (C=O) groups is 1. The molecule has 2 aromatic heterocycles. The van der Waals surface area contributed by atoms with Crippen molar-refractivity contribution in [3.63, 3.8) is 0 Å². The predicted molar refractivity (Wildman–Crippen MR) is 109 cm³/mol. The normalized spacial score (nSPS) is 11.9. The Bertz CT molecular complexity index is 853. The highest BCUT2D eigenvalue weighted by Gasteiger charge is 2.14. The average Bonchev–Trinajstić information content (AvgIpc) is 3.35. The van der Waals surface area contributed by atoms with Gasteiger partial charge in [0.15, 0.2) is 4.34 Å². The van der Waals surface area contributed by atoms with E-state index in [1.54, 1.807) is 6.26 Å². The summed E-state index contributed by atoms with van der Waals surface area (Å²) in [5.74, 6) is 1.07. The van der Waals surface area contributed by atoms with Gasteiger partial charge in [-0.1, -0.05) is 53.8 Å². The van der Waals surface area contributed by atoms with Crippen LogP contribution < -0.4 is 10.6 Å². The van der Waals surface area contributed by atoms with Crippen LogP contribution >= 0.6 is 34.7 Å². The Kier molecular flexibility index (Phi) is 7.14. The summed E-state index contributed by atoms with van der Waals surface area (Å²) in [4.78, 5) is 12.3. The second-order valence-corrected chi connectivity index (χ2v) is 8.31. The number of halogens is 1. The van der Waals surface area contributed by atoms with Crippen LogP contribution in [-0.2, 0) is 11.3 Å². The molecule has 0 spiro atoms. The smallest absolute Gasteiger partial charge is 0.230 e. The summed E-state index contributed by atoms with van der Waals surface area (Å²) in [5, 5.41) is 15.8. The minimum Gasteiger partial charge on any atom is -0.467 e. The van der Waals surface area contributed by atoms with Gasteiger partial charge in [0.2, 0.25) is 11.0 Å². The molecule has 0 saturated carbocycles. The van der Waals surface area contributed by atoms with E-state index in [4.69, 9.17) is 16.0 Å². The molecule has 1 aromatic carbocycles. The molecule has 0 saturated heterocycles. The van der Waals surface area contributed by atoms with Crippen LogP contribution in [0.25, 0.3) is 0 Å². The summed E-state index contributed by atoms with van der Waals surface area (Å²) in [6.45, 7) is 2.58. The maximum Gasteiger partial charge on any atom is 0.230 e. The number of carbonyl (C=O) groups excluding carboxylic acids is 1. The summed E-state index contributed by atoms with van der Waals surface area (Å²) >= 11 is 8.71. The minimum absolute atomic E-state index is 0.0321. The van der Waals surface area contributed by atoms with Crippen LogP contribution in [0.15, 0.2) is 51.4 Å². The Morgan fingerprint density at radius 1 is 1.30 bits per heavy atom. The molecule has 0 aliphatic rings. The van der Waals surface area contributed by atoms with E-state index in [9.17, 15) is 4.79 Å². The van der Waals surface area contributed by atoms with Crippen molar-refractivity contribution >= 4 is 45.7 Å². The van der Waals surface area contributed by atoms with Crippen molar-refractivity contribution in [2.45, 2.75) is 30.3 Å². The molecule has 3 aromatic rings. The van der Waals surface area contributed by atoms with Crippen molar-refractivity contribution in [1.82, 2.24) is 15.5 Å². The number of anilines is 1. The quantitative estimate of drug-likeness (QED) is 0.484. The van der Waals surface area contributed by atoms with E-state index in [-0.39, 0.29) is 17.7 Å². The van der Waals surface area contributed by atoms with E-state index >= 15 is 0 Å². The summed E-state index contributed by atoms with van der Waals surface area (Å²) in [6, 6.07) is 11.2. The van der Waals surface area contributed by atoms with Crippen LogP contribution in [0.5, 0.6) is 0 Å². The Morgan fingerprint density at radius 3 is 2.81 bits per heavy atom. The van der Waals surface area contributed by atoms with Gasteiger partial charge >= 0.3 is 0 Å². The van der Waals surface area contributed by atoms with Crippen LogP contribution in [0.3, 0.4) is 0 Å². The van der Waals surface area contributed by atoms with E-state index in [1.807, 2.05) is 43.3 Å². The lowest BCUT2D eigenvalue weighted by atomic mass is 10.0. The van der Waals surface area contributed by atoms with Gasteiger partial charge in [-0.25, -0.2) is 0 Å². The van der Waals surface area contributed by atoms with Gasteiger partial charge in [0.1, 0.15) is 5.76 Å². The lowest BCUT2D eigenvalue weighted by Gasteiger charge is -2.17. The zero-order valence-corrected chi connectivity index (χ0v) is 17.0. The zero-order chi connectivity index (χ0) is 19.1. The fraction of sp³-hybridized carbons (Fsp3) is 0.278. The van der Waals surface area contributed by atoms with Gasteiger partial charge in [-0.2, -0.15) is 0 Å². The standard InChI is InChI=1S/C18H19ClN4O2S2/c1-2-15(12-5-7-13(19)8-6-12)21-16(24)11-26-18-23-22-17(27-18)20-10-14-4-3-9-25-14/h3-9,15H,2,10-11H2,1H3,(H,20,22)(H,21,24). The number of aromatic nitrogens is 2. The van der Waals surface area contributed by atoms with Crippen molar-refractivity contribution in [3.05, 3.63) is 59.0 Å². The van der Waals surface area contributed by atoms with Gasteiger partial charge in [0.05, 0.1) is 24.6 Å². The molecule has 0 radical (unpaired) electrons. The van der Waals surface area contributed by atoms with E-state index in [1.165, 1.54) is 23.1 Å². The van der Waals surface area contributed by atoms with Gasteiger partial charge in [-0.05, 0) is 36.2 Å². The second kappa shape index (κ2) is 9.77. The molecule has 1 amide bonds. The van der Waals surface area contributed by atoms with E-state index < -0.39 is 0 Å². The van der Waals surface area contributed by atoms with Gasteiger partial charge < -0.3 is 15.1 Å². The third kappa shape index (κ3) is 5.98. The fourth-order valence-corrected chi connectivity index (χ4v) is 4.08. The summed E-state index contributed by atoms with van der Waals surface area (Å²) in [5.41, 5.74) is 1.04. The number of rotatable bonds is 9. The number of hydrogen-bond donors (Lipinski definition) is 2. The Hall–Kier alpha value is -2.03. The minimum atomic E-state index is -0.0397. The maximum atomic E-state index is 12.3. The molecule has 0 fully saturated rings.